The van der Waals surface area contributed by atoms with Gasteiger partial charge in [0.15, 0.2) is 9.84 Å². The monoisotopic (exact) mass is 323 g/mol. The Labute approximate surface area is 131 Å². The lowest BCUT2D eigenvalue weighted by Gasteiger charge is -2.33. The summed E-state index contributed by atoms with van der Waals surface area (Å²) in [6.45, 7) is 4.05. The van der Waals surface area contributed by atoms with Gasteiger partial charge in [-0.3, -0.25) is 4.79 Å². The van der Waals surface area contributed by atoms with Gasteiger partial charge in [-0.1, -0.05) is 12.1 Å². The largest absolute Gasteiger partial charge is 0.485 e. The molecule has 0 radical (unpaired) electrons. The number of benzene rings is 1. The molecule has 0 aromatic heterocycles. The number of sulfone groups is 1. The van der Waals surface area contributed by atoms with Crippen LogP contribution >= 0.6 is 0 Å². The highest BCUT2D eigenvalue weighted by Gasteiger charge is 2.34. The van der Waals surface area contributed by atoms with Crippen molar-refractivity contribution in [2.45, 2.75) is 38.7 Å². The van der Waals surface area contributed by atoms with Gasteiger partial charge in [0.05, 0.1) is 23.1 Å². The van der Waals surface area contributed by atoms with Crippen LogP contribution in [0.2, 0.25) is 0 Å². The Morgan fingerprint density at radius 3 is 2.82 bits per heavy atom. The lowest BCUT2D eigenvalue weighted by molar-refractivity contribution is -0.119. The third-order valence-electron chi connectivity index (χ3n) is 4.33. The third kappa shape index (κ3) is 3.11. The van der Waals surface area contributed by atoms with Gasteiger partial charge in [0.2, 0.25) is 5.91 Å². The van der Waals surface area contributed by atoms with Crippen LogP contribution in [-0.4, -0.2) is 31.4 Å². The number of aryl methyl sites for hydroxylation is 1. The van der Waals surface area contributed by atoms with Crippen molar-refractivity contribution in [2.24, 2.45) is 5.92 Å². The van der Waals surface area contributed by atoms with E-state index in [0.29, 0.717) is 17.9 Å². The summed E-state index contributed by atoms with van der Waals surface area (Å²) >= 11 is 0. The molecule has 2 aliphatic rings. The number of rotatable bonds is 2. The summed E-state index contributed by atoms with van der Waals surface area (Å²) < 4.78 is 29.0. The molecule has 1 saturated heterocycles. The van der Waals surface area contributed by atoms with E-state index in [1.807, 2.05) is 32.0 Å². The van der Waals surface area contributed by atoms with Crippen molar-refractivity contribution in [1.29, 1.82) is 0 Å². The van der Waals surface area contributed by atoms with E-state index < -0.39 is 15.8 Å². The molecule has 1 atom stereocenters. The van der Waals surface area contributed by atoms with Crippen LogP contribution in [0.1, 0.15) is 32.3 Å². The van der Waals surface area contributed by atoms with E-state index in [1.165, 1.54) is 0 Å². The van der Waals surface area contributed by atoms with Crippen LogP contribution in [0.4, 0.5) is 5.69 Å². The molecule has 0 saturated carbocycles. The van der Waals surface area contributed by atoms with Crippen LogP contribution in [0.5, 0.6) is 5.75 Å². The smallest absolute Gasteiger partial charge is 0.228 e. The molecule has 0 aliphatic carbocycles. The van der Waals surface area contributed by atoms with E-state index in [-0.39, 0.29) is 23.0 Å². The Morgan fingerprint density at radius 1 is 1.36 bits per heavy atom. The number of hydrogen-bond acceptors (Lipinski definition) is 4. The lowest BCUT2D eigenvalue weighted by Crippen LogP contribution is -2.33. The van der Waals surface area contributed by atoms with Crippen LogP contribution in [0.15, 0.2) is 18.2 Å². The normalized spacial score (nSPS) is 25.1. The maximum atomic E-state index is 12.3. The van der Waals surface area contributed by atoms with Gasteiger partial charge in [-0.15, -0.1) is 0 Å². The Hall–Kier alpha value is -1.56. The second-order valence-corrected chi connectivity index (χ2v) is 8.97. The molecule has 1 amide bonds. The number of carbonyl (C=O) groups is 1. The number of nitrogens with one attached hydrogen (secondary N) is 1. The molecule has 120 valence electrons. The van der Waals surface area contributed by atoms with Crippen molar-refractivity contribution >= 4 is 21.4 Å². The summed E-state index contributed by atoms with van der Waals surface area (Å²) in [5.41, 5.74) is 1.46. The molecule has 1 N–H and O–H groups in total. The van der Waals surface area contributed by atoms with Crippen molar-refractivity contribution in [1.82, 2.24) is 0 Å². The second-order valence-electron chi connectivity index (χ2n) is 6.74. The highest BCUT2D eigenvalue weighted by molar-refractivity contribution is 7.91. The first-order valence-corrected chi connectivity index (χ1v) is 9.40. The molecule has 2 aliphatic heterocycles. The number of anilines is 1. The molecule has 1 aromatic carbocycles. The molecule has 1 unspecified atom stereocenters. The van der Waals surface area contributed by atoms with E-state index in [0.717, 1.165) is 18.4 Å². The highest BCUT2D eigenvalue weighted by Crippen LogP contribution is 2.39. The third-order valence-corrected chi connectivity index (χ3v) is 6.10. The SMILES string of the molecule is CC1(C)CCc2cccc(NC(=O)C3CCS(=O)(=O)C3)c2O1. The van der Waals surface area contributed by atoms with Crippen molar-refractivity contribution in [3.63, 3.8) is 0 Å². The molecule has 3 rings (SSSR count). The van der Waals surface area contributed by atoms with E-state index in [1.54, 1.807) is 0 Å². The molecule has 0 spiro atoms. The van der Waals surface area contributed by atoms with Gasteiger partial charge in [0.25, 0.3) is 0 Å². The molecular weight excluding hydrogens is 302 g/mol. The first kappa shape index (κ1) is 15.3. The molecule has 1 fully saturated rings. The van der Waals surface area contributed by atoms with Crippen LogP contribution in [0, 0.1) is 5.92 Å². The van der Waals surface area contributed by atoms with Crippen molar-refractivity contribution < 1.29 is 17.9 Å². The summed E-state index contributed by atoms with van der Waals surface area (Å²) in [5, 5.41) is 2.86. The maximum absolute atomic E-state index is 12.3. The molecule has 5 nitrogen and oxygen atoms in total. The predicted octanol–water partition coefficient (Wildman–Crippen LogP) is 2.16. The average molecular weight is 323 g/mol. The number of hydrogen-bond donors (Lipinski definition) is 1. The van der Waals surface area contributed by atoms with Gasteiger partial charge >= 0.3 is 0 Å². The highest BCUT2D eigenvalue weighted by atomic mass is 32.2. The summed E-state index contributed by atoms with van der Waals surface area (Å²) in [7, 11) is -3.06. The maximum Gasteiger partial charge on any atom is 0.228 e. The van der Waals surface area contributed by atoms with Crippen LogP contribution in [-0.2, 0) is 21.1 Å². The predicted molar refractivity (Wildman–Crippen MR) is 84.9 cm³/mol. The summed E-state index contributed by atoms with van der Waals surface area (Å²) in [6.07, 6.45) is 2.23. The van der Waals surface area contributed by atoms with Gasteiger partial charge in [-0.05, 0) is 44.7 Å². The zero-order valence-electron chi connectivity index (χ0n) is 12.9. The van der Waals surface area contributed by atoms with Crippen molar-refractivity contribution in [3.8, 4) is 5.75 Å². The topological polar surface area (TPSA) is 72.5 Å². The first-order chi connectivity index (χ1) is 10.3. The van der Waals surface area contributed by atoms with Gasteiger partial charge in [-0.2, -0.15) is 0 Å². The van der Waals surface area contributed by atoms with Crippen LogP contribution in [0.3, 0.4) is 0 Å². The van der Waals surface area contributed by atoms with Gasteiger partial charge < -0.3 is 10.1 Å². The van der Waals surface area contributed by atoms with Crippen LogP contribution < -0.4 is 10.1 Å². The molecule has 1 aromatic rings. The Balaban J connectivity index is 1.80. The van der Waals surface area contributed by atoms with Crippen LogP contribution in [0.25, 0.3) is 0 Å². The van der Waals surface area contributed by atoms with E-state index >= 15 is 0 Å². The minimum absolute atomic E-state index is 0.0553. The summed E-state index contributed by atoms with van der Waals surface area (Å²) in [6, 6.07) is 5.70. The molecule has 22 heavy (non-hydrogen) atoms. The fraction of sp³-hybridized carbons (Fsp3) is 0.562. The summed E-state index contributed by atoms with van der Waals surface area (Å²) in [5.74, 6) is 0.0636. The van der Waals surface area contributed by atoms with Gasteiger partial charge in [0.1, 0.15) is 11.4 Å². The van der Waals surface area contributed by atoms with Gasteiger partial charge in [0, 0.05) is 0 Å². The standard InChI is InChI=1S/C16H21NO4S/c1-16(2)8-6-11-4-3-5-13(14(11)21-16)17-15(18)12-7-9-22(19,20)10-12/h3-5,12H,6-10H2,1-2H3,(H,17,18). The van der Waals surface area contributed by atoms with Crippen molar-refractivity contribution in [2.75, 3.05) is 16.8 Å². The fourth-order valence-electron chi connectivity index (χ4n) is 3.00. The lowest BCUT2D eigenvalue weighted by atomic mass is 9.94. The number of amides is 1. The van der Waals surface area contributed by atoms with Crippen molar-refractivity contribution in [3.05, 3.63) is 23.8 Å². The number of ether oxygens (including phenoxy) is 1. The number of fused-ring (bicyclic) bond motifs is 1. The number of para-hydroxylation sites is 1. The molecule has 2 heterocycles. The van der Waals surface area contributed by atoms with E-state index in [4.69, 9.17) is 4.74 Å². The Bertz CT molecular complexity index is 709. The van der Waals surface area contributed by atoms with Gasteiger partial charge in [-0.25, -0.2) is 8.42 Å². The quantitative estimate of drug-likeness (QED) is 0.905. The molecule has 0 bridgehead atoms. The summed E-state index contributed by atoms with van der Waals surface area (Å²) in [4.78, 5) is 12.3. The molecule has 6 heteroatoms. The zero-order chi connectivity index (χ0) is 16.0. The average Bonchev–Trinajstić information content (AvgIpc) is 2.79. The van der Waals surface area contributed by atoms with E-state index in [2.05, 4.69) is 5.32 Å². The minimum Gasteiger partial charge on any atom is -0.485 e. The second kappa shape index (κ2) is 5.26. The zero-order valence-corrected chi connectivity index (χ0v) is 13.7. The Kier molecular flexibility index (Phi) is 3.67. The first-order valence-electron chi connectivity index (χ1n) is 7.58. The van der Waals surface area contributed by atoms with E-state index in [9.17, 15) is 13.2 Å². The molecular formula is C16H21NO4S. The number of carbonyl (C=O) groups excluding carboxylic acids is 1. The fourth-order valence-corrected chi connectivity index (χ4v) is 4.74. The Morgan fingerprint density at radius 2 is 2.14 bits per heavy atom. The minimum atomic E-state index is -3.06.